The van der Waals surface area contributed by atoms with E-state index in [2.05, 4.69) is 30.2 Å². The van der Waals surface area contributed by atoms with Crippen LogP contribution in [0.15, 0.2) is 0 Å². The summed E-state index contributed by atoms with van der Waals surface area (Å²) in [5.74, 6) is 0. The number of nitrogens with one attached hydrogen (secondary N) is 2. The van der Waals surface area contributed by atoms with Crippen LogP contribution in [-0.2, 0) is 9.47 Å². The van der Waals surface area contributed by atoms with Crippen molar-refractivity contribution in [1.29, 1.82) is 0 Å². The fourth-order valence-corrected chi connectivity index (χ4v) is 10.8. The second-order valence-electron chi connectivity index (χ2n) is 16.3. The van der Waals surface area contributed by atoms with Crippen LogP contribution in [0.3, 0.4) is 0 Å². The Bertz CT molecular complexity index is 1160. The van der Waals surface area contributed by atoms with Crippen molar-refractivity contribution < 1.29 is 28.7 Å². The largest absolute Gasteiger partial charge is 0.450 e. The number of nitrogens with zero attached hydrogens (tertiary/aromatic N) is 6. The summed E-state index contributed by atoms with van der Waals surface area (Å²) in [5, 5.41) is 6.43. The molecule has 6 saturated heterocycles. The van der Waals surface area contributed by atoms with E-state index >= 15 is 0 Å². The fourth-order valence-electron chi connectivity index (χ4n) is 10.8. The van der Waals surface area contributed by atoms with Gasteiger partial charge < -0.3 is 39.7 Å². The van der Waals surface area contributed by atoms with Gasteiger partial charge in [-0.05, 0) is 78.1 Å². The third-order valence-corrected chi connectivity index (χ3v) is 13.5. The third-order valence-electron chi connectivity index (χ3n) is 13.5. The highest BCUT2D eigenvalue weighted by Gasteiger charge is 2.46. The van der Waals surface area contributed by atoms with Crippen LogP contribution in [0.5, 0.6) is 0 Å². The molecule has 6 heterocycles. The molecular formula is C38H64N8O6. The van der Waals surface area contributed by atoms with Crippen molar-refractivity contribution in [3.05, 3.63) is 0 Å². The van der Waals surface area contributed by atoms with Crippen LogP contribution in [0.2, 0.25) is 0 Å². The van der Waals surface area contributed by atoms with E-state index < -0.39 is 0 Å². The lowest BCUT2D eigenvalue weighted by Crippen LogP contribution is -2.52. The molecule has 2 N–H and O–H groups in total. The fraction of sp³-hybridized carbons (Fsp3) is 0.895. The van der Waals surface area contributed by atoms with Crippen LogP contribution in [0.25, 0.3) is 0 Å². The molecule has 0 radical (unpaired) electrons. The van der Waals surface area contributed by atoms with Crippen LogP contribution in [0, 0.1) is 0 Å². The maximum absolute atomic E-state index is 12.5. The molecule has 52 heavy (non-hydrogen) atoms. The highest BCUT2D eigenvalue weighted by Crippen LogP contribution is 2.35. The van der Waals surface area contributed by atoms with E-state index in [9.17, 15) is 19.2 Å². The first-order valence-electron chi connectivity index (χ1n) is 20.8. The number of hydrogen-bond acceptors (Lipinski definition) is 8. The van der Waals surface area contributed by atoms with E-state index in [1.54, 1.807) is 0 Å². The molecule has 0 bridgehead atoms. The van der Waals surface area contributed by atoms with Gasteiger partial charge in [-0.2, -0.15) is 0 Å². The van der Waals surface area contributed by atoms with Gasteiger partial charge in [-0.15, -0.1) is 0 Å². The zero-order chi connectivity index (χ0) is 36.2. The van der Waals surface area contributed by atoms with E-state index in [0.717, 1.165) is 117 Å². The topological polar surface area (TPSA) is 130 Å². The van der Waals surface area contributed by atoms with E-state index in [4.69, 9.17) is 9.47 Å². The maximum Gasteiger partial charge on any atom is 0.409 e. The van der Waals surface area contributed by atoms with E-state index in [0.29, 0.717) is 61.5 Å². The number of likely N-dealkylation sites (tertiary alicyclic amines) is 4. The van der Waals surface area contributed by atoms with Gasteiger partial charge in [0.1, 0.15) is 0 Å². The van der Waals surface area contributed by atoms with Gasteiger partial charge in [0.05, 0.1) is 37.4 Å². The molecular weight excluding hydrogens is 664 g/mol. The van der Waals surface area contributed by atoms with Gasteiger partial charge in [0.25, 0.3) is 0 Å². The number of fused-ring (bicyclic) bond motifs is 2. The second-order valence-corrected chi connectivity index (χ2v) is 16.3. The Morgan fingerprint density at radius 3 is 1.29 bits per heavy atom. The molecule has 8 aliphatic rings. The summed E-state index contributed by atoms with van der Waals surface area (Å²) in [5.41, 5.74) is 0. The predicted octanol–water partition coefficient (Wildman–Crippen LogP) is 4.04. The van der Waals surface area contributed by atoms with Crippen molar-refractivity contribution in [2.24, 2.45) is 0 Å². The van der Waals surface area contributed by atoms with Crippen molar-refractivity contribution in [2.45, 2.75) is 152 Å². The second kappa shape index (κ2) is 17.0. The Morgan fingerprint density at radius 2 is 0.904 bits per heavy atom. The molecule has 8 rings (SSSR count). The number of carbonyl (C=O) groups is 4. The number of hydrogen-bond donors (Lipinski definition) is 2. The van der Waals surface area contributed by atoms with Gasteiger partial charge in [0.15, 0.2) is 0 Å². The Balaban J connectivity index is 0.000000162. The van der Waals surface area contributed by atoms with Crippen LogP contribution < -0.4 is 10.6 Å². The summed E-state index contributed by atoms with van der Waals surface area (Å²) in [7, 11) is 0. The standard InChI is InChI=1S/2C19H32N4O3/c2*1-2-26-19(25)22-12-9-15(13-22)21-10-7-14(8-11-21)23-17-6-4-3-5-16(17)20-18(23)24/h2*14-17H,2-13H2,1H3,(H,20,24)/t15-,16+,17+;15-,16-,17-/m01/s1. The molecule has 0 spiro atoms. The molecule has 14 nitrogen and oxygen atoms in total. The Hall–Kier alpha value is -3.00. The molecule has 6 amide bonds. The molecule has 0 unspecified atom stereocenters. The quantitative estimate of drug-likeness (QED) is 0.420. The average Bonchev–Trinajstić information content (AvgIpc) is 3.97. The first-order chi connectivity index (χ1) is 25.3. The van der Waals surface area contributed by atoms with Gasteiger partial charge in [-0.25, -0.2) is 19.2 Å². The SMILES string of the molecule is CCOC(=O)N1CC[C@@H](N2CCC(N3C(=O)N[C@@H]4CCCC[C@H]43)CC2)C1.CCOC(=O)N1CC[C@H](N2CCC(N3C(=O)N[C@@H]4CCCC[C@H]43)CC2)C1. The zero-order valence-corrected chi connectivity index (χ0v) is 31.7. The smallest absolute Gasteiger partial charge is 0.409 e. The minimum Gasteiger partial charge on any atom is -0.450 e. The Morgan fingerprint density at radius 1 is 0.538 bits per heavy atom. The third kappa shape index (κ3) is 8.07. The van der Waals surface area contributed by atoms with Crippen LogP contribution in [0.1, 0.15) is 104 Å². The number of amides is 6. The van der Waals surface area contributed by atoms with Crippen LogP contribution in [-0.4, -0.2) is 168 Å². The molecule has 6 aliphatic heterocycles. The van der Waals surface area contributed by atoms with Crippen LogP contribution >= 0.6 is 0 Å². The summed E-state index contributed by atoms with van der Waals surface area (Å²) in [6.07, 6.45) is 15.4. The summed E-state index contributed by atoms with van der Waals surface area (Å²) < 4.78 is 10.3. The van der Waals surface area contributed by atoms with Gasteiger partial charge >= 0.3 is 24.2 Å². The molecule has 8 fully saturated rings. The van der Waals surface area contributed by atoms with Gasteiger partial charge in [0, 0.05) is 76.5 Å². The van der Waals surface area contributed by atoms with Crippen molar-refractivity contribution in [1.82, 2.24) is 40.0 Å². The Kier molecular flexibility index (Phi) is 12.2. The molecule has 14 heteroatoms. The van der Waals surface area contributed by atoms with Gasteiger partial charge in [-0.3, -0.25) is 9.80 Å². The lowest BCUT2D eigenvalue weighted by molar-refractivity contribution is 0.0796. The summed E-state index contributed by atoms with van der Waals surface area (Å²) in [6, 6.07) is 3.54. The Labute approximate surface area is 310 Å². The molecule has 0 aromatic heterocycles. The van der Waals surface area contributed by atoms with Crippen LogP contribution in [0.4, 0.5) is 19.2 Å². The first-order valence-corrected chi connectivity index (χ1v) is 20.8. The van der Waals surface area contributed by atoms with Gasteiger partial charge in [-0.1, -0.05) is 25.7 Å². The van der Waals surface area contributed by atoms with Crippen molar-refractivity contribution in [3.8, 4) is 0 Å². The maximum atomic E-state index is 12.5. The van der Waals surface area contributed by atoms with Gasteiger partial charge in [0.2, 0.25) is 0 Å². The number of piperidine rings is 2. The molecule has 0 aromatic rings. The van der Waals surface area contributed by atoms with E-state index in [1.165, 1.54) is 25.7 Å². The number of carbonyl (C=O) groups excluding carboxylic acids is 4. The minimum atomic E-state index is -0.179. The number of rotatable bonds is 6. The lowest BCUT2D eigenvalue weighted by Gasteiger charge is -2.41. The summed E-state index contributed by atoms with van der Waals surface area (Å²) >= 11 is 0. The normalized spacial score (nSPS) is 33.3. The van der Waals surface area contributed by atoms with E-state index in [-0.39, 0.29) is 24.2 Å². The highest BCUT2D eigenvalue weighted by molar-refractivity contribution is 5.78. The van der Waals surface area contributed by atoms with Crippen molar-refractivity contribution >= 4 is 24.2 Å². The molecule has 2 saturated carbocycles. The van der Waals surface area contributed by atoms with Crippen molar-refractivity contribution in [3.63, 3.8) is 0 Å². The monoisotopic (exact) mass is 728 g/mol. The molecule has 292 valence electrons. The molecule has 0 aromatic carbocycles. The first kappa shape index (κ1) is 37.3. The molecule has 6 atom stereocenters. The molecule has 2 aliphatic carbocycles. The summed E-state index contributed by atoms with van der Waals surface area (Å²) in [4.78, 5) is 61.9. The van der Waals surface area contributed by atoms with Crippen molar-refractivity contribution in [2.75, 3.05) is 65.6 Å². The van der Waals surface area contributed by atoms with E-state index in [1.807, 2.05) is 23.6 Å². The number of urea groups is 2. The predicted molar refractivity (Wildman–Crippen MR) is 196 cm³/mol. The minimum absolute atomic E-state index is 0.162. The average molecular weight is 729 g/mol. The number of ether oxygens (including phenoxy) is 2. The highest BCUT2D eigenvalue weighted by atomic mass is 16.6. The zero-order valence-electron chi connectivity index (χ0n) is 31.7. The lowest BCUT2D eigenvalue weighted by atomic mass is 9.89. The summed E-state index contributed by atoms with van der Waals surface area (Å²) in [6.45, 7) is 11.8.